The van der Waals surface area contributed by atoms with Gasteiger partial charge in [0, 0.05) is 11.3 Å². The molecule has 0 amide bonds. The maximum Gasteiger partial charge on any atom is 0.154 e. The molecule has 0 N–H and O–H groups in total. The quantitative estimate of drug-likeness (QED) is 0.469. The maximum absolute atomic E-state index is 5.21. The van der Waals surface area contributed by atoms with Crippen LogP contribution in [0.3, 0.4) is 0 Å². The Hall–Kier alpha value is -2.79. The SMILES string of the molecule is COc1ccc(-c2cn3nc(SCc4ccc(C)cc4)ccc3n2)cc1. The standard InChI is InChI=1S/C21H19N3OS/c1-15-3-5-16(6-4-15)14-26-21-12-11-20-22-19(13-24(20)23-21)17-7-9-18(25-2)10-8-17/h3-13H,14H2,1-2H3. The van der Waals surface area contributed by atoms with E-state index in [4.69, 9.17) is 4.74 Å². The predicted octanol–water partition coefficient (Wildman–Crippen LogP) is 5.01. The predicted molar refractivity (Wildman–Crippen MR) is 106 cm³/mol. The summed E-state index contributed by atoms with van der Waals surface area (Å²) in [6.07, 6.45) is 1.97. The molecule has 0 bridgehead atoms. The fourth-order valence-corrected chi connectivity index (χ4v) is 3.50. The first kappa shape index (κ1) is 16.7. The van der Waals surface area contributed by atoms with Crippen LogP contribution in [0.5, 0.6) is 5.75 Å². The van der Waals surface area contributed by atoms with Crippen LogP contribution >= 0.6 is 11.8 Å². The summed E-state index contributed by atoms with van der Waals surface area (Å²) >= 11 is 1.73. The average molecular weight is 361 g/mol. The van der Waals surface area contributed by atoms with Crippen molar-refractivity contribution in [3.63, 3.8) is 0 Å². The second-order valence-corrected chi connectivity index (χ2v) is 7.10. The number of fused-ring (bicyclic) bond motifs is 1. The van der Waals surface area contributed by atoms with Gasteiger partial charge in [-0.3, -0.25) is 0 Å². The largest absolute Gasteiger partial charge is 0.497 e. The molecule has 5 heteroatoms. The van der Waals surface area contributed by atoms with Crippen molar-refractivity contribution in [1.29, 1.82) is 0 Å². The Bertz CT molecular complexity index is 1020. The van der Waals surface area contributed by atoms with Crippen LogP contribution in [0, 0.1) is 6.92 Å². The van der Waals surface area contributed by atoms with Crippen molar-refractivity contribution in [3.8, 4) is 17.0 Å². The molecule has 0 aliphatic carbocycles. The van der Waals surface area contributed by atoms with Crippen molar-refractivity contribution in [2.45, 2.75) is 17.7 Å². The van der Waals surface area contributed by atoms with Crippen LogP contribution < -0.4 is 4.74 Å². The number of hydrogen-bond acceptors (Lipinski definition) is 4. The summed E-state index contributed by atoms with van der Waals surface area (Å²) in [6.45, 7) is 2.10. The molecule has 0 aliphatic rings. The van der Waals surface area contributed by atoms with Crippen LogP contribution in [-0.2, 0) is 5.75 Å². The molecule has 4 rings (SSSR count). The van der Waals surface area contributed by atoms with Crippen LogP contribution in [0.1, 0.15) is 11.1 Å². The topological polar surface area (TPSA) is 39.4 Å². The molecule has 2 aromatic heterocycles. The van der Waals surface area contributed by atoms with E-state index in [1.165, 1.54) is 11.1 Å². The molecule has 0 saturated heterocycles. The van der Waals surface area contributed by atoms with Crippen molar-refractivity contribution in [3.05, 3.63) is 78.0 Å². The van der Waals surface area contributed by atoms with Crippen LogP contribution in [0.2, 0.25) is 0 Å². The lowest BCUT2D eigenvalue weighted by molar-refractivity contribution is 0.415. The summed E-state index contributed by atoms with van der Waals surface area (Å²) < 4.78 is 7.05. The lowest BCUT2D eigenvalue weighted by Crippen LogP contribution is -1.92. The third-order valence-corrected chi connectivity index (χ3v) is 5.18. The number of rotatable bonds is 5. The molecule has 0 aliphatic heterocycles. The first-order chi connectivity index (χ1) is 12.7. The Morgan fingerprint density at radius 2 is 1.73 bits per heavy atom. The zero-order valence-electron chi connectivity index (χ0n) is 14.7. The van der Waals surface area contributed by atoms with Gasteiger partial charge in [-0.25, -0.2) is 9.50 Å². The molecule has 26 heavy (non-hydrogen) atoms. The highest BCUT2D eigenvalue weighted by atomic mass is 32.2. The van der Waals surface area contributed by atoms with Gasteiger partial charge in [0.2, 0.25) is 0 Å². The molecule has 2 aromatic carbocycles. The van der Waals surface area contributed by atoms with E-state index in [0.29, 0.717) is 0 Å². The Balaban J connectivity index is 1.54. The molecular weight excluding hydrogens is 342 g/mol. The van der Waals surface area contributed by atoms with Gasteiger partial charge in [0.1, 0.15) is 10.8 Å². The fourth-order valence-electron chi connectivity index (χ4n) is 2.68. The van der Waals surface area contributed by atoms with Crippen molar-refractivity contribution < 1.29 is 4.74 Å². The highest BCUT2D eigenvalue weighted by Gasteiger charge is 2.07. The number of hydrogen-bond donors (Lipinski definition) is 0. The van der Waals surface area contributed by atoms with Gasteiger partial charge in [-0.2, -0.15) is 5.10 Å². The average Bonchev–Trinajstić information content (AvgIpc) is 3.11. The second-order valence-electron chi connectivity index (χ2n) is 6.10. The van der Waals surface area contributed by atoms with E-state index in [0.717, 1.165) is 33.4 Å². The van der Waals surface area contributed by atoms with E-state index < -0.39 is 0 Å². The van der Waals surface area contributed by atoms with Gasteiger partial charge in [-0.15, -0.1) is 0 Å². The lowest BCUT2D eigenvalue weighted by atomic mass is 10.2. The molecular formula is C21H19N3OS. The molecule has 0 radical (unpaired) electrons. The second kappa shape index (κ2) is 7.22. The minimum Gasteiger partial charge on any atom is -0.497 e. The zero-order valence-corrected chi connectivity index (χ0v) is 15.5. The third-order valence-electron chi connectivity index (χ3n) is 4.19. The van der Waals surface area contributed by atoms with Crippen LogP contribution in [0.25, 0.3) is 16.9 Å². The summed E-state index contributed by atoms with van der Waals surface area (Å²) in [6, 6.07) is 20.6. The van der Waals surface area contributed by atoms with Gasteiger partial charge >= 0.3 is 0 Å². The van der Waals surface area contributed by atoms with E-state index in [-0.39, 0.29) is 0 Å². The number of imidazole rings is 1. The number of methoxy groups -OCH3 is 1. The maximum atomic E-state index is 5.21. The molecule has 0 unspecified atom stereocenters. The highest BCUT2D eigenvalue weighted by Crippen LogP contribution is 2.24. The fraction of sp³-hybridized carbons (Fsp3) is 0.143. The van der Waals surface area contributed by atoms with E-state index in [9.17, 15) is 0 Å². The molecule has 0 spiro atoms. The molecule has 0 atom stereocenters. The lowest BCUT2D eigenvalue weighted by Gasteiger charge is -2.02. The zero-order chi connectivity index (χ0) is 17.9. The van der Waals surface area contributed by atoms with Gasteiger partial charge in [0.05, 0.1) is 19.0 Å². The molecule has 0 saturated carbocycles. The summed E-state index contributed by atoms with van der Waals surface area (Å²) in [5.41, 5.74) is 5.37. The summed E-state index contributed by atoms with van der Waals surface area (Å²) in [7, 11) is 1.67. The number of thioether (sulfide) groups is 1. The Morgan fingerprint density at radius 1 is 0.962 bits per heavy atom. The molecule has 130 valence electrons. The molecule has 4 nitrogen and oxygen atoms in total. The van der Waals surface area contributed by atoms with Crippen molar-refractivity contribution in [1.82, 2.24) is 14.6 Å². The molecule has 0 fully saturated rings. The van der Waals surface area contributed by atoms with Gasteiger partial charge in [0.15, 0.2) is 5.65 Å². The van der Waals surface area contributed by atoms with Crippen molar-refractivity contribution in [2.24, 2.45) is 0 Å². The van der Waals surface area contributed by atoms with E-state index in [1.54, 1.807) is 18.9 Å². The number of benzene rings is 2. The number of ether oxygens (including phenoxy) is 1. The summed E-state index contributed by atoms with van der Waals surface area (Å²) in [4.78, 5) is 4.66. The van der Waals surface area contributed by atoms with E-state index in [2.05, 4.69) is 41.3 Å². The van der Waals surface area contributed by atoms with Crippen molar-refractivity contribution >= 4 is 17.4 Å². The minimum atomic E-state index is 0.838. The normalized spacial score (nSPS) is 11.0. The van der Waals surface area contributed by atoms with E-state index in [1.807, 2.05) is 47.1 Å². The van der Waals surface area contributed by atoms with Crippen LogP contribution in [-0.4, -0.2) is 21.7 Å². The number of aromatic nitrogens is 3. The Kier molecular flexibility index (Phi) is 4.63. The smallest absolute Gasteiger partial charge is 0.154 e. The molecule has 4 aromatic rings. The van der Waals surface area contributed by atoms with Gasteiger partial charge in [0.25, 0.3) is 0 Å². The first-order valence-electron chi connectivity index (χ1n) is 8.40. The third kappa shape index (κ3) is 3.58. The Labute approximate surface area is 156 Å². The van der Waals surface area contributed by atoms with Gasteiger partial charge < -0.3 is 4.74 Å². The number of nitrogens with zero attached hydrogens (tertiary/aromatic N) is 3. The van der Waals surface area contributed by atoms with Crippen LogP contribution in [0.4, 0.5) is 0 Å². The summed E-state index contributed by atoms with van der Waals surface area (Å²) in [5, 5.41) is 5.66. The van der Waals surface area contributed by atoms with Gasteiger partial charge in [-0.05, 0) is 48.9 Å². The van der Waals surface area contributed by atoms with Crippen LogP contribution in [0.15, 0.2) is 71.9 Å². The monoisotopic (exact) mass is 361 g/mol. The number of aryl methyl sites for hydroxylation is 1. The van der Waals surface area contributed by atoms with E-state index >= 15 is 0 Å². The highest BCUT2D eigenvalue weighted by molar-refractivity contribution is 7.98. The Morgan fingerprint density at radius 3 is 2.46 bits per heavy atom. The van der Waals surface area contributed by atoms with Crippen molar-refractivity contribution in [2.75, 3.05) is 7.11 Å². The molecule has 2 heterocycles. The van der Waals surface area contributed by atoms with Gasteiger partial charge in [-0.1, -0.05) is 41.6 Å². The first-order valence-corrected chi connectivity index (χ1v) is 9.39. The minimum absolute atomic E-state index is 0.838. The summed E-state index contributed by atoms with van der Waals surface area (Å²) in [5.74, 6) is 1.74.